The molecule has 14 heavy (non-hydrogen) atoms. The first-order chi connectivity index (χ1) is 6.68. The van der Waals surface area contributed by atoms with Crippen LogP contribution in [0.2, 0.25) is 0 Å². The maximum atomic E-state index is 11.5. The van der Waals surface area contributed by atoms with Gasteiger partial charge in [-0.05, 0) is 18.6 Å². The summed E-state index contributed by atoms with van der Waals surface area (Å²) in [5.74, 6) is -0.109. The monoisotopic (exact) mass is 189 g/mol. The SMILES string of the molecule is Cc1ccccc1-n1n[n+](C)cc1[O-]. The van der Waals surface area contributed by atoms with Gasteiger partial charge < -0.3 is 5.11 Å². The molecule has 0 spiro atoms. The van der Waals surface area contributed by atoms with E-state index in [0.717, 1.165) is 11.3 Å². The van der Waals surface area contributed by atoms with Crippen molar-refractivity contribution in [3.8, 4) is 11.6 Å². The van der Waals surface area contributed by atoms with Crippen molar-refractivity contribution in [3.05, 3.63) is 36.0 Å². The molecule has 2 rings (SSSR count). The van der Waals surface area contributed by atoms with Crippen molar-refractivity contribution < 1.29 is 9.79 Å². The van der Waals surface area contributed by atoms with Crippen LogP contribution in [0.15, 0.2) is 30.5 Å². The van der Waals surface area contributed by atoms with Gasteiger partial charge in [0, 0.05) is 0 Å². The van der Waals surface area contributed by atoms with E-state index in [0.29, 0.717) is 0 Å². The molecule has 1 aromatic heterocycles. The number of hydrogen-bond donors (Lipinski definition) is 0. The summed E-state index contributed by atoms with van der Waals surface area (Å²) in [5, 5.41) is 15.5. The molecule has 0 radical (unpaired) electrons. The van der Waals surface area contributed by atoms with E-state index in [2.05, 4.69) is 5.21 Å². The van der Waals surface area contributed by atoms with E-state index in [1.54, 1.807) is 7.05 Å². The van der Waals surface area contributed by atoms with Crippen molar-refractivity contribution in [1.82, 2.24) is 9.90 Å². The summed E-state index contributed by atoms with van der Waals surface area (Å²) in [6.45, 7) is 1.95. The van der Waals surface area contributed by atoms with Crippen LogP contribution in [0.5, 0.6) is 5.88 Å². The summed E-state index contributed by atoms with van der Waals surface area (Å²) in [4.78, 5) is 0. The average Bonchev–Trinajstić information content (AvgIpc) is 2.46. The number of nitrogens with zero attached hydrogens (tertiary/aromatic N) is 3. The van der Waals surface area contributed by atoms with Crippen LogP contribution in [0.3, 0.4) is 0 Å². The Morgan fingerprint density at radius 1 is 1.36 bits per heavy atom. The normalized spacial score (nSPS) is 10.4. The van der Waals surface area contributed by atoms with Gasteiger partial charge in [0.15, 0.2) is 5.69 Å². The molecular weight excluding hydrogens is 178 g/mol. The lowest BCUT2D eigenvalue weighted by Crippen LogP contribution is -2.30. The molecule has 1 aromatic carbocycles. The van der Waals surface area contributed by atoms with E-state index in [1.807, 2.05) is 31.2 Å². The van der Waals surface area contributed by atoms with Gasteiger partial charge in [-0.25, -0.2) is 0 Å². The highest BCUT2D eigenvalue weighted by Crippen LogP contribution is 2.14. The van der Waals surface area contributed by atoms with Crippen LogP contribution in [-0.2, 0) is 7.05 Å². The summed E-state index contributed by atoms with van der Waals surface area (Å²) >= 11 is 0. The fourth-order valence-corrected chi connectivity index (χ4v) is 1.39. The molecule has 72 valence electrons. The minimum absolute atomic E-state index is 0.109. The fraction of sp³-hybridized carbons (Fsp3) is 0.200. The maximum absolute atomic E-state index is 11.5. The maximum Gasteiger partial charge on any atom is 0.157 e. The highest BCUT2D eigenvalue weighted by Gasteiger charge is 2.10. The molecule has 0 saturated heterocycles. The Bertz CT molecular complexity index is 462. The summed E-state index contributed by atoms with van der Waals surface area (Å²) in [7, 11) is 1.73. The van der Waals surface area contributed by atoms with Crippen molar-refractivity contribution in [2.45, 2.75) is 6.92 Å². The molecule has 4 heteroatoms. The second-order valence-electron chi connectivity index (χ2n) is 3.23. The second kappa shape index (κ2) is 3.14. The molecule has 0 N–H and O–H groups in total. The van der Waals surface area contributed by atoms with Crippen LogP contribution in [-0.4, -0.2) is 9.90 Å². The zero-order chi connectivity index (χ0) is 10.1. The third-order valence-corrected chi connectivity index (χ3v) is 2.08. The smallest absolute Gasteiger partial charge is 0.157 e. The fourth-order valence-electron chi connectivity index (χ4n) is 1.39. The number of benzene rings is 1. The van der Waals surface area contributed by atoms with E-state index in [9.17, 15) is 5.11 Å². The Labute approximate surface area is 82.0 Å². The van der Waals surface area contributed by atoms with Crippen molar-refractivity contribution in [2.75, 3.05) is 0 Å². The van der Waals surface area contributed by atoms with E-state index in [-0.39, 0.29) is 5.88 Å². The molecule has 0 unspecified atom stereocenters. The lowest BCUT2D eigenvalue weighted by atomic mass is 10.2. The summed E-state index contributed by atoms with van der Waals surface area (Å²) in [6, 6.07) is 7.66. The van der Waals surface area contributed by atoms with Crippen LogP contribution in [0, 0.1) is 6.92 Å². The zero-order valence-corrected chi connectivity index (χ0v) is 8.14. The molecule has 0 aliphatic rings. The van der Waals surface area contributed by atoms with Gasteiger partial charge in [0.2, 0.25) is 0 Å². The molecule has 0 saturated carbocycles. The number of rotatable bonds is 1. The number of aromatic nitrogens is 3. The van der Waals surface area contributed by atoms with Crippen molar-refractivity contribution >= 4 is 0 Å². The molecule has 4 nitrogen and oxygen atoms in total. The minimum Gasteiger partial charge on any atom is -0.838 e. The topological polar surface area (TPSA) is 44.8 Å². The van der Waals surface area contributed by atoms with E-state index < -0.39 is 0 Å². The molecule has 2 aromatic rings. The second-order valence-corrected chi connectivity index (χ2v) is 3.23. The first-order valence-electron chi connectivity index (χ1n) is 4.37. The van der Waals surface area contributed by atoms with Crippen molar-refractivity contribution in [1.29, 1.82) is 0 Å². The number of hydrogen-bond acceptors (Lipinski definition) is 2. The Morgan fingerprint density at radius 2 is 2.07 bits per heavy atom. The highest BCUT2D eigenvalue weighted by atomic mass is 16.3. The van der Waals surface area contributed by atoms with Gasteiger partial charge in [-0.3, -0.25) is 0 Å². The van der Waals surface area contributed by atoms with Crippen molar-refractivity contribution in [3.63, 3.8) is 0 Å². The molecule has 0 aliphatic carbocycles. The van der Waals surface area contributed by atoms with E-state index in [4.69, 9.17) is 0 Å². The Morgan fingerprint density at radius 3 is 2.64 bits per heavy atom. The molecule has 0 aliphatic heterocycles. The highest BCUT2D eigenvalue weighted by molar-refractivity contribution is 5.40. The third kappa shape index (κ3) is 1.35. The quantitative estimate of drug-likeness (QED) is 0.596. The molecule has 0 bridgehead atoms. The molecule has 0 atom stereocenters. The summed E-state index contributed by atoms with van der Waals surface area (Å²) < 4.78 is 2.91. The first kappa shape index (κ1) is 8.74. The minimum atomic E-state index is -0.109. The Balaban J connectivity index is 2.60. The number of aryl methyl sites for hydroxylation is 2. The van der Waals surface area contributed by atoms with Crippen LogP contribution >= 0.6 is 0 Å². The molecule has 0 fully saturated rings. The van der Waals surface area contributed by atoms with Crippen LogP contribution in [0.1, 0.15) is 5.56 Å². The van der Waals surface area contributed by atoms with Gasteiger partial charge in [-0.1, -0.05) is 18.2 Å². The van der Waals surface area contributed by atoms with Gasteiger partial charge in [-0.2, -0.15) is 0 Å². The van der Waals surface area contributed by atoms with Crippen molar-refractivity contribution in [2.24, 2.45) is 7.05 Å². The first-order valence-corrected chi connectivity index (χ1v) is 4.37. The molecule has 0 amide bonds. The molecular formula is C10H11N3O. The van der Waals surface area contributed by atoms with Gasteiger partial charge in [0.1, 0.15) is 19.1 Å². The van der Waals surface area contributed by atoms with Crippen LogP contribution in [0.4, 0.5) is 0 Å². The largest absolute Gasteiger partial charge is 0.838 e. The lowest BCUT2D eigenvalue weighted by Gasteiger charge is -2.02. The predicted molar refractivity (Wildman–Crippen MR) is 48.9 cm³/mol. The van der Waals surface area contributed by atoms with E-state index >= 15 is 0 Å². The van der Waals surface area contributed by atoms with Gasteiger partial charge in [-0.15, -0.1) is 9.36 Å². The molecule has 1 heterocycles. The Kier molecular flexibility index (Phi) is 1.96. The lowest BCUT2D eigenvalue weighted by molar-refractivity contribution is -0.732. The average molecular weight is 189 g/mol. The van der Waals surface area contributed by atoms with Gasteiger partial charge in [0.25, 0.3) is 0 Å². The predicted octanol–water partition coefficient (Wildman–Crippen LogP) is 0.0788. The summed E-state index contributed by atoms with van der Waals surface area (Å²) in [6.07, 6.45) is 1.45. The summed E-state index contributed by atoms with van der Waals surface area (Å²) in [5.41, 5.74) is 1.87. The Hall–Kier alpha value is -1.84. The zero-order valence-electron chi connectivity index (χ0n) is 8.14. The standard InChI is InChI=1S/C10H11N3O/c1-8-5-3-4-6-9(8)13-10(14)7-12(2)11-13/h3-7H,1-2H3. The number of para-hydroxylation sites is 1. The van der Waals surface area contributed by atoms with Gasteiger partial charge >= 0.3 is 0 Å². The van der Waals surface area contributed by atoms with Gasteiger partial charge in [0.05, 0.1) is 5.21 Å². The van der Waals surface area contributed by atoms with Crippen LogP contribution < -0.4 is 9.79 Å². The van der Waals surface area contributed by atoms with Crippen LogP contribution in [0.25, 0.3) is 5.69 Å². The van der Waals surface area contributed by atoms with E-state index in [1.165, 1.54) is 15.6 Å². The third-order valence-electron chi connectivity index (χ3n) is 2.08.